The summed E-state index contributed by atoms with van der Waals surface area (Å²) >= 11 is 9.41. The molecular weight excluding hydrogens is 452 g/mol. The summed E-state index contributed by atoms with van der Waals surface area (Å²) in [5.41, 5.74) is 1.15. The highest BCUT2D eigenvalue weighted by molar-refractivity contribution is 9.10. The van der Waals surface area contributed by atoms with Crippen LogP contribution in [0.25, 0.3) is 0 Å². The summed E-state index contributed by atoms with van der Waals surface area (Å²) in [6.07, 6.45) is 0. The molecule has 2 N–H and O–H groups in total. The molecule has 0 aromatic heterocycles. The molecular formula is C19H14BrClN2O3S. The molecule has 0 aliphatic heterocycles. The van der Waals surface area contributed by atoms with Gasteiger partial charge in [0.2, 0.25) is 0 Å². The van der Waals surface area contributed by atoms with Crippen molar-refractivity contribution < 1.29 is 13.2 Å². The molecule has 0 atom stereocenters. The molecule has 1 amide bonds. The van der Waals surface area contributed by atoms with E-state index in [2.05, 4.69) is 26.0 Å². The number of carbonyl (C=O) groups is 1. The smallest absolute Gasteiger partial charge is 0.263 e. The van der Waals surface area contributed by atoms with Crippen molar-refractivity contribution >= 4 is 54.8 Å². The van der Waals surface area contributed by atoms with Crippen molar-refractivity contribution in [3.05, 3.63) is 87.9 Å². The minimum atomic E-state index is -3.95. The van der Waals surface area contributed by atoms with Crippen LogP contribution in [0.15, 0.2) is 82.2 Å². The van der Waals surface area contributed by atoms with Gasteiger partial charge in [-0.3, -0.25) is 9.52 Å². The molecule has 138 valence electrons. The van der Waals surface area contributed by atoms with Crippen LogP contribution in [-0.2, 0) is 10.0 Å². The molecule has 27 heavy (non-hydrogen) atoms. The minimum absolute atomic E-state index is 0.0254. The molecule has 0 heterocycles. The average molecular weight is 466 g/mol. The molecule has 8 heteroatoms. The maximum Gasteiger partial charge on any atom is 0.263 e. The highest BCUT2D eigenvalue weighted by Crippen LogP contribution is 2.26. The first-order chi connectivity index (χ1) is 12.8. The highest BCUT2D eigenvalue weighted by atomic mass is 79.9. The zero-order valence-electron chi connectivity index (χ0n) is 13.8. The number of amides is 1. The lowest BCUT2D eigenvalue weighted by atomic mass is 10.2. The summed E-state index contributed by atoms with van der Waals surface area (Å²) < 4.78 is 28.6. The lowest BCUT2D eigenvalue weighted by Gasteiger charge is -2.11. The first-order valence-corrected chi connectivity index (χ1v) is 10.4. The average Bonchev–Trinajstić information content (AvgIpc) is 2.62. The molecule has 0 unspecified atom stereocenters. The number of nitrogens with one attached hydrogen (secondary N) is 2. The van der Waals surface area contributed by atoms with Gasteiger partial charge >= 0.3 is 0 Å². The predicted octanol–water partition coefficient (Wildman–Crippen LogP) is 5.16. The topological polar surface area (TPSA) is 75.3 Å². The van der Waals surface area contributed by atoms with Crippen LogP contribution < -0.4 is 10.0 Å². The molecule has 0 bridgehead atoms. The van der Waals surface area contributed by atoms with Gasteiger partial charge in [-0.25, -0.2) is 8.42 Å². The highest BCUT2D eigenvalue weighted by Gasteiger charge is 2.20. The third-order valence-corrected chi connectivity index (χ3v) is 5.95. The van der Waals surface area contributed by atoms with Crippen LogP contribution in [0.2, 0.25) is 5.02 Å². The molecule has 3 aromatic rings. The molecule has 5 nitrogen and oxygen atoms in total. The van der Waals surface area contributed by atoms with E-state index >= 15 is 0 Å². The quantitative estimate of drug-likeness (QED) is 0.547. The first kappa shape index (κ1) is 19.4. The summed E-state index contributed by atoms with van der Waals surface area (Å²) in [6, 6.07) is 19.6. The lowest BCUT2D eigenvalue weighted by Crippen LogP contribution is -2.16. The SMILES string of the molecule is O=C(Nc1cccc(Br)c1)c1ccc(Cl)c(S(=O)(=O)Nc2ccccc2)c1. The zero-order chi connectivity index (χ0) is 19.4. The van der Waals surface area contributed by atoms with E-state index < -0.39 is 15.9 Å². The number of hydrogen-bond donors (Lipinski definition) is 2. The summed E-state index contributed by atoms with van der Waals surface area (Å²) in [5.74, 6) is -0.444. The Morgan fingerprint density at radius 1 is 0.889 bits per heavy atom. The van der Waals surface area contributed by atoms with Gasteiger partial charge < -0.3 is 5.32 Å². The molecule has 0 aliphatic carbocycles. The van der Waals surface area contributed by atoms with Crippen LogP contribution >= 0.6 is 27.5 Å². The van der Waals surface area contributed by atoms with Gasteiger partial charge in [-0.1, -0.05) is 51.8 Å². The van der Waals surface area contributed by atoms with E-state index in [9.17, 15) is 13.2 Å². The van der Waals surface area contributed by atoms with Gasteiger partial charge in [0.15, 0.2) is 0 Å². The van der Waals surface area contributed by atoms with Crippen molar-refractivity contribution in [2.45, 2.75) is 4.90 Å². The molecule has 0 saturated heterocycles. The minimum Gasteiger partial charge on any atom is -0.322 e. The Bertz CT molecular complexity index is 1090. The van der Waals surface area contributed by atoms with Crippen LogP contribution in [0, 0.1) is 0 Å². The predicted molar refractivity (Wildman–Crippen MR) is 111 cm³/mol. The second-order valence-electron chi connectivity index (χ2n) is 5.58. The Morgan fingerprint density at radius 2 is 1.59 bits per heavy atom. The van der Waals surface area contributed by atoms with Crippen LogP contribution in [0.3, 0.4) is 0 Å². The van der Waals surface area contributed by atoms with Crippen LogP contribution in [0.5, 0.6) is 0 Å². The second kappa shape index (κ2) is 8.12. The molecule has 0 saturated carbocycles. The number of anilines is 2. The Balaban J connectivity index is 1.88. The Kier molecular flexibility index (Phi) is 5.84. The van der Waals surface area contributed by atoms with E-state index in [1.807, 2.05) is 6.07 Å². The number of rotatable bonds is 5. The maximum atomic E-state index is 12.7. The Labute approximate surface area is 170 Å². The van der Waals surface area contributed by atoms with Crippen LogP contribution in [0.1, 0.15) is 10.4 Å². The van der Waals surface area contributed by atoms with E-state index in [0.717, 1.165) is 4.47 Å². The fourth-order valence-electron chi connectivity index (χ4n) is 2.34. The monoisotopic (exact) mass is 464 g/mol. The van der Waals surface area contributed by atoms with Crippen molar-refractivity contribution in [2.24, 2.45) is 0 Å². The largest absolute Gasteiger partial charge is 0.322 e. The van der Waals surface area contributed by atoms with Gasteiger partial charge in [0.25, 0.3) is 15.9 Å². The number of benzene rings is 3. The van der Waals surface area contributed by atoms with Crippen molar-refractivity contribution in [1.29, 1.82) is 0 Å². The van der Waals surface area contributed by atoms with Crippen molar-refractivity contribution in [3.63, 3.8) is 0 Å². The fraction of sp³-hybridized carbons (Fsp3) is 0. The van der Waals surface area contributed by atoms with Gasteiger partial charge in [-0.2, -0.15) is 0 Å². The van der Waals surface area contributed by atoms with E-state index in [1.54, 1.807) is 48.5 Å². The fourth-order valence-corrected chi connectivity index (χ4v) is 4.32. The van der Waals surface area contributed by atoms with Crippen LogP contribution in [-0.4, -0.2) is 14.3 Å². The van der Waals surface area contributed by atoms with Gasteiger partial charge in [0.1, 0.15) is 4.90 Å². The van der Waals surface area contributed by atoms with E-state index in [4.69, 9.17) is 11.6 Å². The Morgan fingerprint density at radius 3 is 2.30 bits per heavy atom. The third-order valence-electron chi connectivity index (χ3n) is 3.59. The number of carbonyl (C=O) groups excluding carboxylic acids is 1. The molecule has 3 aromatic carbocycles. The van der Waals surface area contributed by atoms with E-state index in [0.29, 0.717) is 11.4 Å². The standard InChI is InChI=1S/C19H14BrClN2O3S/c20-14-5-4-8-16(12-14)22-19(24)13-9-10-17(21)18(11-13)27(25,26)23-15-6-2-1-3-7-15/h1-12,23H,(H,22,24). The molecule has 0 spiro atoms. The van der Waals surface area contributed by atoms with E-state index in [-0.39, 0.29) is 15.5 Å². The third kappa shape index (κ3) is 4.88. The van der Waals surface area contributed by atoms with Crippen molar-refractivity contribution in [2.75, 3.05) is 10.0 Å². The summed E-state index contributed by atoms with van der Waals surface area (Å²) in [4.78, 5) is 12.3. The van der Waals surface area contributed by atoms with Gasteiger partial charge in [-0.15, -0.1) is 0 Å². The van der Waals surface area contributed by atoms with Crippen molar-refractivity contribution in [3.8, 4) is 0 Å². The Hall–Kier alpha value is -2.35. The zero-order valence-corrected chi connectivity index (χ0v) is 17.0. The lowest BCUT2D eigenvalue weighted by molar-refractivity contribution is 0.102. The van der Waals surface area contributed by atoms with Gasteiger partial charge in [0.05, 0.1) is 5.02 Å². The number of para-hydroxylation sites is 1. The number of halogens is 2. The maximum absolute atomic E-state index is 12.7. The van der Waals surface area contributed by atoms with E-state index in [1.165, 1.54) is 18.2 Å². The molecule has 0 aliphatic rings. The molecule has 0 fully saturated rings. The summed E-state index contributed by atoms with van der Waals surface area (Å²) in [6.45, 7) is 0. The second-order valence-corrected chi connectivity index (χ2v) is 8.55. The molecule has 0 radical (unpaired) electrons. The van der Waals surface area contributed by atoms with Gasteiger partial charge in [-0.05, 0) is 48.5 Å². The van der Waals surface area contributed by atoms with Crippen molar-refractivity contribution in [1.82, 2.24) is 0 Å². The number of sulfonamides is 1. The normalized spacial score (nSPS) is 11.0. The van der Waals surface area contributed by atoms with Crippen LogP contribution in [0.4, 0.5) is 11.4 Å². The summed E-state index contributed by atoms with van der Waals surface area (Å²) in [5, 5.41) is 2.75. The molecule has 3 rings (SSSR count). The van der Waals surface area contributed by atoms with Gasteiger partial charge in [0, 0.05) is 21.4 Å². The first-order valence-electron chi connectivity index (χ1n) is 7.79. The number of hydrogen-bond acceptors (Lipinski definition) is 3. The summed E-state index contributed by atoms with van der Waals surface area (Å²) in [7, 11) is -3.95.